The fraction of sp³-hybridized carbons (Fsp3) is 0.0909. The standard InChI is InChI=1S/C11H10N2O3/c1-6(14)12-10-9(11(15)16)7-4-2-3-5-8(7)13-10/h2-5,13H,1H3,(H,12,14)(H,15,16). The highest BCUT2D eigenvalue weighted by Crippen LogP contribution is 2.25. The molecule has 3 N–H and O–H groups in total. The second kappa shape index (κ2) is 3.69. The van der Waals surface area contributed by atoms with Crippen molar-refractivity contribution in [1.29, 1.82) is 0 Å². The summed E-state index contributed by atoms with van der Waals surface area (Å²) >= 11 is 0. The summed E-state index contributed by atoms with van der Waals surface area (Å²) in [6, 6.07) is 7.00. The number of benzene rings is 1. The van der Waals surface area contributed by atoms with Gasteiger partial charge in [-0.05, 0) is 6.07 Å². The van der Waals surface area contributed by atoms with E-state index in [0.29, 0.717) is 10.9 Å². The molecule has 82 valence electrons. The van der Waals surface area contributed by atoms with E-state index in [9.17, 15) is 9.59 Å². The van der Waals surface area contributed by atoms with Crippen LogP contribution in [0.5, 0.6) is 0 Å². The number of aromatic nitrogens is 1. The molecule has 1 aromatic carbocycles. The highest BCUT2D eigenvalue weighted by Gasteiger charge is 2.17. The van der Waals surface area contributed by atoms with Crippen LogP contribution in [0.2, 0.25) is 0 Å². The number of fused-ring (bicyclic) bond motifs is 1. The lowest BCUT2D eigenvalue weighted by Crippen LogP contribution is -2.10. The van der Waals surface area contributed by atoms with Crippen LogP contribution in [0.4, 0.5) is 5.82 Å². The SMILES string of the molecule is CC(=O)Nc1[nH]c2ccccc2c1C(=O)O. The number of carbonyl (C=O) groups excluding carboxylic acids is 1. The molecule has 2 rings (SSSR count). The van der Waals surface area contributed by atoms with Gasteiger partial charge < -0.3 is 15.4 Å². The molecule has 0 aliphatic rings. The lowest BCUT2D eigenvalue weighted by Gasteiger charge is -1.99. The quantitative estimate of drug-likeness (QED) is 0.719. The third-order valence-corrected chi connectivity index (χ3v) is 2.22. The van der Waals surface area contributed by atoms with E-state index in [2.05, 4.69) is 10.3 Å². The Morgan fingerprint density at radius 3 is 2.62 bits per heavy atom. The van der Waals surface area contributed by atoms with Crippen molar-refractivity contribution < 1.29 is 14.7 Å². The molecule has 0 saturated carbocycles. The molecule has 5 heteroatoms. The van der Waals surface area contributed by atoms with Crippen molar-refractivity contribution in [2.45, 2.75) is 6.92 Å². The number of para-hydroxylation sites is 1. The van der Waals surface area contributed by atoms with Crippen LogP contribution in [0.25, 0.3) is 10.9 Å². The number of aromatic amines is 1. The van der Waals surface area contributed by atoms with E-state index in [1.54, 1.807) is 24.3 Å². The number of hydrogen-bond acceptors (Lipinski definition) is 2. The Balaban J connectivity index is 2.68. The minimum atomic E-state index is -1.07. The van der Waals surface area contributed by atoms with Crippen LogP contribution >= 0.6 is 0 Å². The summed E-state index contributed by atoms with van der Waals surface area (Å²) < 4.78 is 0. The number of aromatic carboxylic acids is 1. The maximum atomic E-state index is 11.1. The van der Waals surface area contributed by atoms with Crippen LogP contribution in [0.1, 0.15) is 17.3 Å². The number of carbonyl (C=O) groups is 2. The largest absolute Gasteiger partial charge is 0.478 e. The van der Waals surface area contributed by atoms with Crippen LogP contribution < -0.4 is 5.32 Å². The summed E-state index contributed by atoms with van der Waals surface area (Å²) in [6.07, 6.45) is 0. The number of H-pyrrole nitrogens is 1. The smallest absolute Gasteiger partial charge is 0.340 e. The van der Waals surface area contributed by atoms with Crippen molar-refractivity contribution in [3.63, 3.8) is 0 Å². The summed E-state index contributed by atoms with van der Waals surface area (Å²) in [4.78, 5) is 24.9. The van der Waals surface area contributed by atoms with Crippen molar-refractivity contribution >= 4 is 28.6 Å². The third kappa shape index (κ3) is 1.63. The molecule has 0 bridgehead atoms. The van der Waals surface area contributed by atoms with E-state index >= 15 is 0 Å². The average Bonchev–Trinajstić information content (AvgIpc) is 2.53. The Hall–Kier alpha value is -2.30. The van der Waals surface area contributed by atoms with Gasteiger partial charge in [0.2, 0.25) is 5.91 Å². The molecule has 0 radical (unpaired) electrons. The molecule has 0 saturated heterocycles. The van der Waals surface area contributed by atoms with Gasteiger partial charge in [0, 0.05) is 17.8 Å². The van der Waals surface area contributed by atoms with Gasteiger partial charge in [0.15, 0.2) is 0 Å². The van der Waals surface area contributed by atoms with Gasteiger partial charge in [-0.3, -0.25) is 4.79 Å². The number of nitrogens with one attached hydrogen (secondary N) is 2. The van der Waals surface area contributed by atoms with E-state index in [4.69, 9.17) is 5.11 Å². The summed E-state index contributed by atoms with van der Waals surface area (Å²) in [6.45, 7) is 1.33. The summed E-state index contributed by atoms with van der Waals surface area (Å²) in [5, 5.41) is 12.1. The van der Waals surface area contributed by atoms with Crippen molar-refractivity contribution in [3.05, 3.63) is 29.8 Å². The Morgan fingerprint density at radius 1 is 1.31 bits per heavy atom. The van der Waals surface area contributed by atoms with E-state index in [-0.39, 0.29) is 17.3 Å². The number of carboxylic acid groups (broad SMARTS) is 1. The number of rotatable bonds is 2. The Morgan fingerprint density at radius 2 is 2.00 bits per heavy atom. The zero-order valence-electron chi connectivity index (χ0n) is 8.57. The molecule has 0 aliphatic heterocycles. The first kappa shape index (κ1) is 10.2. The highest BCUT2D eigenvalue weighted by molar-refractivity contribution is 6.10. The van der Waals surface area contributed by atoms with E-state index in [1.165, 1.54) is 6.92 Å². The monoisotopic (exact) mass is 218 g/mol. The molecular weight excluding hydrogens is 208 g/mol. The van der Waals surface area contributed by atoms with Crippen LogP contribution in [0.3, 0.4) is 0 Å². The number of anilines is 1. The molecule has 0 aliphatic carbocycles. The normalized spacial score (nSPS) is 10.3. The summed E-state index contributed by atoms with van der Waals surface area (Å²) in [5.74, 6) is -1.16. The molecule has 0 fully saturated rings. The maximum Gasteiger partial charge on any atom is 0.340 e. The lowest BCUT2D eigenvalue weighted by atomic mass is 10.1. The van der Waals surface area contributed by atoms with E-state index < -0.39 is 5.97 Å². The second-order valence-corrected chi connectivity index (χ2v) is 3.41. The lowest BCUT2D eigenvalue weighted by molar-refractivity contribution is -0.114. The van der Waals surface area contributed by atoms with Crippen molar-refractivity contribution in [1.82, 2.24) is 4.98 Å². The minimum Gasteiger partial charge on any atom is -0.478 e. The zero-order valence-corrected chi connectivity index (χ0v) is 8.57. The molecular formula is C11H10N2O3. The average molecular weight is 218 g/mol. The van der Waals surface area contributed by atoms with Gasteiger partial charge in [-0.15, -0.1) is 0 Å². The van der Waals surface area contributed by atoms with Crippen LogP contribution in [0, 0.1) is 0 Å². The van der Waals surface area contributed by atoms with Gasteiger partial charge in [0.05, 0.1) is 0 Å². The molecule has 2 aromatic rings. The Bertz CT molecular complexity index is 572. The van der Waals surface area contributed by atoms with Crippen LogP contribution in [0.15, 0.2) is 24.3 Å². The third-order valence-electron chi connectivity index (χ3n) is 2.22. The zero-order chi connectivity index (χ0) is 11.7. The summed E-state index contributed by atoms with van der Waals surface area (Å²) in [7, 11) is 0. The molecule has 0 spiro atoms. The van der Waals surface area contributed by atoms with Crippen molar-refractivity contribution in [2.75, 3.05) is 5.32 Å². The first-order valence-electron chi connectivity index (χ1n) is 4.71. The predicted molar refractivity (Wildman–Crippen MR) is 59.6 cm³/mol. The molecule has 0 atom stereocenters. The Kier molecular flexibility index (Phi) is 2.36. The minimum absolute atomic E-state index is 0.0887. The maximum absolute atomic E-state index is 11.1. The van der Waals surface area contributed by atoms with Gasteiger partial charge in [0.25, 0.3) is 0 Å². The van der Waals surface area contributed by atoms with Crippen molar-refractivity contribution in [2.24, 2.45) is 0 Å². The van der Waals surface area contributed by atoms with Gasteiger partial charge in [-0.25, -0.2) is 4.79 Å². The van der Waals surface area contributed by atoms with E-state index in [0.717, 1.165) is 0 Å². The first-order chi connectivity index (χ1) is 7.59. The molecule has 1 heterocycles. The van der Waals surface area contributed by atoms with Gasteiger partial charge in [0.1, 0.15) is 11.4 Å². The second-order valence-electron chi connectivity index (χ2n) is 3.41. The molecule has 16 heavy (non-hydrogen) atoms. The topological polar surface area (TPSA) is 82.2 Å². The van der Waals surface area contributed by atoms with Crippen LogP contribution in [-0.2, 0) is 4.79 Å². The molecule has 1 amide bonds. The highest BCUT2D eigenvalue weighted by atomic mass is 16.4. The number of carboxylic acids is 1. The molecule has 5 nitrogen and oxygen atoms in total. The number of amides is 1. The molecule has 1 aromatic heterocycles. The van der Waals surface area contributed by atoms with Gasteiger partial charge in [-0.1, -0.05) is 18.2 Å². The van der Waals surface area contributed by atoms with Gasteiger partial charge in [-0.2, -0.15) is 0 Å². The van der Waals surface area contributed by atoms with Crippen molar-refractivity contribution in [3.8, 4) is 0 Å². The first-order valence-corrected chi connectivity index (χ1v) is 4.71. The van der Waals surface area contributed by atoms with Gasteiger partial charge >= 0.3 is 5.97 Å². The number of hydrogen-bond donors (Lipinski definition) is 3. The fourth-order valence-corrected chi connectivity index (χ4v) is 1.63. The Labute approximate surface area is 91.1 Å². The van der Waals surface area contributed by atoms with Crippen LogP contribution in [-0.4, -0.2) is 22.0 Å². The fourth-order valence-electron chi connectivity index (χ4n) is 1.63. The van der Waals surface area contributed by atoms with E-state index in [1.807, 2.05) is 0 Å². The summed E-state index contributed by atoms with van der Waals surface area (Å²) in [5.41, 5.74) is 0.773. The predicted octanol–water partition coefficient (Wildman–Crippen LogP) is 1.82. The molecule has 0 unspecified atom stereocenters.